The minimum atomic E-state index is -1.10. The second-order valence-electron chi connectivity index (χ2n) is 6.20. The molecule has 0 saturated carbocycles. The Hall–Kier alpha value is -2.25. The maximum absolute atomic E-state index is 11.3. The molecule has 0 aliphatic rings. The van der Waals surface area contributed by atoms with Gasteiger partial charge >= 0.3 is 5.97 Å². The highest BCUT2D eigenvalue weighted by atomic mass is 16.5. The van der Waals surface area contributed by atoms with Crippen LogP contribution in [0, 0.1) is 0 Å². The van der Waals surface area contributed by atoms with E-state index in [2.05, 4.69) is 20.5 Å². The Labute approximate surface area is 122 Å². The summed E-state index contributed by atoms with van der Waals surface area (Å²) in [7, 11) is 0. The number of aromatic nitrogens is 5. The summed E-state index contributed by atoms with van der Waals surface area (Å²) in [4.78, 5) is 15.5. The summed E-state index contributed by atoms with van der Waals surface area (Å²) in [6, 6.07) is 0. The van der Waals surface area contributed by atoms with E-state index in [0.29, 0.717) is 17.4 Å². The monoisotopic (exact) mass is 293 g/mol. The van der Waals surface area contributed by atoms with E-state index in [1.165, 1.54) is 4.68 Å². The van der Waals surface area contributed by atoms with Crippen LogP contribution in [0.2, 0.25) is 0 Å². The fourth-order valence-corrected chi connectivity index (χ4v) is 2.01. The lowest BCUT2D eigenvalue weighted by Crippen LogP contribution is -2.22. The van der Waals surface area contributed by atoms with Crippen LogP contribution in [0.25, 0.3) is 0 Å². The highest BCUT2D eigenvalue weighted by Gasteiger charge is 2.29. The lowest BCUT2D eigenvalue weighted by molar-refractivity contribution is 0.0687. The quantitative estimate of drug-likeness (QED) is 0.916. The van der Waals surface area contributed by atoms with Crippen molar-refractivity contribution < 1.29 is 14.4 Å². The lowest BCUT2D eigenvalue weighted by Gasteiger charge is -2.19. The van der Waals surface area contributed by atoms with E-state index in [-0.39, 0.29) is 18.2 Å². The topological polar surface area (TPSA) is 107 Å². The van der Waals surface area contributed by atoms with Gasteiger partial charge in [0.2, 0.25) is 5.89 Å². The first-order chi connectivity index (χ1) is 9.70. The lowest BCUT2D eigenvalue weighted by atomic mass is 9.90. The third kappa shape index (κ3) is 3.09. The largest absolute Gasteiger partial charge is 0.476 e. The standard InChI is InChI=1S/C13H19N5O3/c1-7(2)11-14-8(16-21-11)6-18-10(13(3,4)5)9(12(19)20)15-17-18/h7H,6H2,1-5H3,(H,19,20). The van der Waals surface area contributed by atoms with Crippen LogP contribution in [0.3, 0.4) is 0 Å². The molecule has 0 aromatic carbocycles. The smallest absolute Gasteiger partial charge is 0.358 e. The molecule has 0 radical (unpaired) electrons. The molecule has 2 aromatic rings. The number of hydrogen-bond donors (Lipinski definition) is 1. The van der Waals surface area contributed by atoms with Crippen LogP contribution in [0.15, 0.2) is 4.52 Å². The Balaban J connectivity index is 2.37. The predicted molar refractivity (Wildman–Crippen MR) is 73.2 cm³/mol. The molecule has 0 aliphatic heterocycles. The summed E-state index contributed by atoms with van der Waals surface area (Å²) in [5.74, 6) is 0.0349. The van der Waals surface area contributed by atoms with E-state index in [4.69, 9.17) is 4.52 Å². The molecule has 2 rings (SSSR count). The van der Waals surface area contributed by atoms with Gasteiger partial charge in [-0.2, -0.15) is 4.98 Å². The zero-order chi connectivity index (χ0) is 15.8. The summed E-state index contributed by atoms with van der Waals surface area (Å²) < 4.78 is 6.65. The Morgan fingerprint density at radius 1 is 1.38 bits per heavy atom. The van der Waals surface area contributed by atoms with Gasteiger partial charge in [-0.25, -0.2) is 9.48 Å². The zero-order valence-electron chi connectivity index (χ0n) is 12.8. The number of carboxylic acids is 1. The van der Waals surface area contributed by atoms with E-state index in [1.54, 1.807) is 0 Å². The second-order valence-corrected chi connectivity index (χ2v) is 6.20. The Morgan fingerprint density at radius 2 is 2.05 bits per heavy atom. The van der Waals surface area contributed by atoms with Crippen molar-refractivity contribution >= 4 is 5.97 Å². The highest BCUT2D eigenvalue weighted by Crippen LogP contribution is 2.25. The predicted octanol–water partition coefficient (Wildman–Crippen LogP) is 1.83. The van der Waals surface area contributed by atoms with Gasteiger partial charge in [0.25, 0.3) is 0 Å². The van der Waals surface area contributed by atoms with Crippen molar-refractivity contribution in [3.05, 3.63) is 23.1 Å². The van der Waals surface area contributed by atoms with Crippen LogP contribution in [-0.2, 0) is 12.0 Å². The third-order valence-corrected chi connectivity index (χ3v) is 2.92. The SMILES string of the molecule is CC(C)c1nc(Cn2nnc(C(=O)O)c2C(C)(C)C)no1. The highest BCUT2D eigenvalue weighted by molar-refractivity contribution is 5.86. The molecule has 0 atom stereocenters. The molecule has 2 heterocycles. The summed E-state index contributed by atoms with van der Waals surface area (Å²) in [5, 5.41) is 20.8. The molecule has 114 valence electrons. The summed E-state index contributed by atoms with van der Waals surface area (Å²) in [6.45, 7) is 9.86. The van der Waals surface area contributed by atoms with Gasteiger partial charge in [-0.3, -0.25) is 0 Å². The van der Waals surface area contributed by atoms with Crippen LogP contribution in [0.5, 0.6) is 0 Å². The molecule has 0 aliphatic carbocycles. The maximum atomic E-state index is 11.3. The number of rotatable bonds is 4. The van der Waals surface area contributed by atoms with E-state index < -0.39 is 11.4 Å². The van der Waals surface area contributed by atoms with Gasteiger partial charge < -0.3 is 9.63 Å². The molecule has 0 spiro atoms. The van der Waals surface area contributed by atoms with Crippen molar-refractivity contribution in [1.82, 2.24) is 25.1 Å². The van der Waals surface area contributed by atoms with Crippen molar-refractivity contribution in [3.8, 4) is 0 Å². The van der Waals surface area contributed by atoms with Crippen LogP contribution in [0.1, 0.15) is 68.4 Å². The third-order valence-electron chi connectivity index (χ3n) is 2.92. The molecule has 1 N–H and O–H groups in total. The Bertz CT molecular complexity index is 651. The second kappa shape index (κ2) is 5.27. The number of carbonyl (C=O) groups is 1. The first-order valence-electron chi connectivity index (χ1n) is 6.70. The molecule has 2 aromatic heterocycles. The molecule has 21 heavy (non-hydrogen) atoms. The van der Waals surface area contributed by atoms with Gasteiger partial charge in [0.1, 0.15) is 6.54 Å². The molecule has 0 bridgehead atoms. The summed E-state index contributed by atoms with van der Waals surface area (Å²) in [5.41, 5.74) is 0.0722. The van der Waals surface area contributed by atoms with Crippen LogP contribution >= 0.6 is 0 Å². The molecule has 8 nitrogen and oxygen atoms in total. The average molecular weight is 293 g/mol. The van der Waals surface area contributed by atoms with E-state index in [0.717, 1.165) is 0 Å². The number of aromatic carboxylic acids is 1. The minimum Gasteiger partial charge on any atom is -0.476 e. The molecule has 0 unspecified atom stereocenters. The zero-order valence-corrected chi connectivity index (χ0v) is 12.8. The fourth-order valence-electron chi connectivity index (χ4n) is 2.01. The first kappa shape index (κ1) is 15.1. The van der Waals surface area contributed by atoms with Gasteiger partial charge in [-0.15, -0.1) is 5.10 Å². The van der Waals surface area contributed by atoms with Crippen molar-refractivity contribution in [2.45, 2.75) is 52.5 Å². The van der Waals surface area contributed by atoms with E-state index >= 15 is 0 Å². The number of carboxylic acid groups (broad SMARTS) is 1. The summed E-state index contributed by atoms with van der Waals surface area (Å²) >= 11 is 0. The number of hydrogen-bond acceptors (Lipinski definition) is 6. The first-order valence-corrected chi connectivity index (χ1v) is 6.70. The molecule has 0 saturated heterocycles. The van der Waals surface area contributed by atoms with Crippen molar-refractivity contribution in [2.24, 2.45) is 0 Å². The molecule has 8 heteroatoms. The van der Waals surface area contributed by atoms with Gasteiger partial charge in [0.05, 0.1) is 5.69 Å². The van der Waals surface area contributed by atoms with Gasteiger partial charge in [0.15, 0.2) is 11.5 Å². The van der Waals surface area contributed by atoms with E-state index in [1.807, 2.05) is 34.6 Å². The molecule has 0 fully saturated rings. The van der Waals surface area contributed by atoms with Crippen molar-refractivity contribution in [3.63, 3.8) is 0 Å². The summed E-state index contributed by atoms with van der Waals surface area (Å²) in [6.07, 6.45) is 0. The van der Waals surface area contributed by atoms with Gasteiger partial charge in [-0.05, 0) is 0 Å². The minimum absolute atomic E-state index is 0.0462. The Kier molecular flexibility index (Phi) is 3.80. The van der Waals surface area contributed by atoms with Crippen molar-refractivity contribution in [2.75, 3.05) is 0 Å². The molecular formula is C13H19N5O3. The molecular weight excluding hydrogens is 274 g/mol. The molecule has 0 amide bonds. The number of nitrogens with zero attached hydrogens (tertiary/aromatic N) is 5. The fraction of sp³-hybridized carbons (Fsp3) is 0.615. The van der Waals surface area contributed by atoms with Gasteiger partial charge in [-0.1, -0.05) is 45.0 Å². The normalized spacial score (nSPS) is 12.1. The van der Waals surface area contributed by atoms with Gasteiger partial charge in [0, 0.05) is 11.3 Å². The van der Waals surface area contributed by atoms with Crippen molar-refractivity contribution in [1.29, 1.82) is 0 Å². The van der Waals surface area contributed by atoms with Crippen LogP contribution < -0.4 is 0 Å². The van der Waals surface area contributed by atoms with Crippen LogP contribution in [0.4, 0.5) is 0 Å². The van der Waals surface area contributed by atoms with Crippen LogP contribution in [-0.4, -0.2) is 36.2 Å². The average Bonchev–Trinajstić information content (AvgIpc) is 2.94. The maximum Gasteiger partial charge on any atom is 0.358 e. The Morgan fingerprint density at radius 3 is 2.52 bits per heavy atom. The van der Waals surface area contributed by atoms with E-state index in [9.17, 15) is 9.90 Å².